The molecule has 0 bridgehead atoms. The predicted molar refractivity (Wildman–Crippen MR) is 88.8 cm³/mol. The van der Waals surface area contributed by atoms with E-state index in [0.29, 0.717) is 0 Å². The Hall–Kier alpha value is -2.97. The number of rotatable bonds is 4. The fraction of sp³-hybridized carbons (Fsp3) is 0.222. The van der Waals surface area contributed by atoms with Gasteiger partial charge in [0.05, 0.1) is 11.3 Å². The SMILES string of the molecule is CC(C)(C(=O)Nc1ccc(F)c(F)c1)C(=O)Nc1ccccc1C(F)(F)F. The number of alkyl halides is 3. The molecular formula is C18H15F5N2O2. The van der Waals surface area contributed by atoms with Crippen LogP contribution in [0.1, 0.15) is 19.4 Å². The largest absolute Gasteiger partial charge is 0.418 e. The van der Waals surface area contributed by atoms with Crippen molar-refractivity contribution in [3.05, 3.63) is 59.7 Å². The van der Waals surface area contributed by atoms with Gasteiger partial charge in [0.2, 0.25) is 11.8 Å². The minimum absolute atomic E-state index is 0.101. The quantitative estimate of drug-likeness (QED) is 0.597. The summed E-state index contributed by atoms with van der Waals surface area (Å²) < 4.78 is 65.2. The average Bonchev–Trinajstić information content (AvgIpc) is 2.57. The first-order valence-corrected chi connectivity index (χ1v) is 7.67. The number of para-hydroxylation sites is 1. The van der Waals surface area contributed by atoms with Gasteiger partial charge in [-0.25, -0.2) is 8.78 Å². The number of carbonyl (C=O) groups is 2. The number of amides is 2. The average molecular weight is 386 g/mol. The molecule has 0 aromatic heterocycles. The van der Waals surface area contributed by atoms with Crippen LogP contribution in [0.3, 0.4) is 0 Å². The van der Waals surface area contributed by atoms with Gasteiger partial charge in [0.1, 0.15) is 5.41 Å². The van der Waals surface area contributed by atoms with Gasteiger partial charge in [-0.3, -0.25) is 9.59 Å². The third-order valence-electron chi connectivity index (χ3n) is 3.79. The summed E-state index contributed by atoms with van der Waals surface area (Å²) in [6.45, 7) is 2.38. The first-order chi connectivity index (χ1) is 12.4. The van der Waals surface area contributed by atoms with Crippen LogP contribution in [0.2, 0.25) is 0 Å². The highest BCUT2D eigenvalue weighted by Gasteiger charge is 2.39. The van der Waals surface area contributed by atoms with Crippen molar-refractivity contribution in [2.24, 2.45) is 5.41 Å². The molecule has 0 aliphatic carbocycles. The number of hydrogen-bond donors (Lipinski definition) is 2. The Morgan fingerprint density at radius 1 is 0.852 bits per heavy atom. The van der Waals surface area contributed by atoms with Crippen LogP contribution in [0.4, 0.5) is 33.3 Å². The van der Waals surface area contributed by atoms with Crippen LogP contribution < -0.4 is 10.6 Å². The topological polar surface area (TPSA) is 58.2 Å². The van der Waals surface area contributed by atoms with Crippen molar-refractivity contribution in [1.29, 1.82) is 0 Å². The van der Waals surface area contributed by atoms with E-state index < -0.39 is 46.3 Å². The minimum Gasteiger partial charge on any atom is -0.325 e. The molecule has 2 aromatic carbocycles. The summed E-state index contributed by atoms with van der Waals surface area (Å²) in [6.07, 6.45) is -4.69. The molecule has 0 unspecified atom stereocenters. The Morgan fingerprint density at radius 3 is 2.04 bits per heavy atom. The summed E-state index contributed by atoms with van der Waals surface area (Å²) in [5.41, 5.74) is -3.46. The van der Waals surface area contributed by atoms with Crippen molar-refractivity contribution >= 4 is 23.2 Å². The second-order valence-electron chi connectivity index (χ2n) is 6.21. The molecule has 2 aromatic rings. The number of anilines is 2. The fourth-order valence-corrected chi connectivity index (χ4v) is 2.08. The van der Waals surface area contributed by atoms with Crippen molar-refractivity contribution in [1.82, 2.24) is 0 Å². The lowest BCUT2D eigenvalue weighted by Gasteiger charge is -2.24. The highest BCUT2D eigenvalue weighted by atomic mass is 19.4. The molecule has 0 radical (unpaired) electrons. The second kappa shape index (κ2) is 7.34. The standard InChI is InChI=1S/C18H15F5N2O2/c1-17(2,15(26)24-10-7-8-12(19)13(20)9-10)16(27)25-14-6-4-3-5-11(14)18(21,22)23/h3-9H,1-2H3,(H,24,26)(H,25,27). The normalized spacial score (nSPS) is 11.8. The number of carbonyl (C=O) groups excluding carboxylic acids is 2. The smallest absolute Gasteiger partial charge is 0.325 e. The molecule has 0 fully saturated rings. The minimum atomic E-state index is -4.69. The van der Waals surface area contributed by atoms with E-state index in [1.165, 1.54) is 26.0 Å². The lowest BCUT2D eigenvalue weighted by Crippen LogP contribution is -2.42. The van der Waals surface area contributed by atoms with Crippen molar-refractivity contribution < 1.29 is 31.5 Å². The predicted octanol–water partition coefficient (Wildman–Crippen LogP) is 4.59. The highest BCUT2D eigenvalue weighted by Crippen LogP contribution is 2.35. The zero-order valence-corrected chi connectivity index (χ0v) is 14.2. The molecule has 2 N–H and O–H groups in total. The first-order valence-electron chi connectivity index (χ1n) is 7.67. The Labute approximate surface area is 151 Å². The molecule has 0 aliphatic rings. The van der Waals surface area contributed by atoms with Gasteiger partial charge >= 0.3 is 6.18 Å². The summed E-state index contributed by atoms with van der Waals surface area (Å²) in [4.78, 5) is 24.7. The molecule has 2 rings (SSSR count). The van der Waals surface area contributed by atoms with E-state index in [1.807, 2.05) is 0 Å². The van der Waals surface area contributed by atoms with E-state index in [-0.39, 0.29) is 5.69 Å². The molecule has 0 spiro atoms. The number of hydrogen-bond acceptors (Lipinski definition) is 2. The van der Waals surface area contributed by atoms with Gasteiger partial charge < -0.3 is 10.6 Å². The van der Waals surface area contributed by atoms with Gasteiger partial charge in [0.25, 0.3) is 0 Å². The summed E-state index contributed by atoms with van der Waals surface area (Å²) in [7, 11) is 0. The summed E-state index contributed by atoms with van der Waals surface area (Å²) in [5.74, 6) is -4.22. The third kappa shape index (κ3) is 4.60. The number of benzene rings is 2. The Morgan fingerprint density at radius 2 is 1.44 bits per heavy atom. The Balaban J connectivity index is 2.19. The third-order valence-corrected chi connectivity index (χ3v) is 3.79. The monoisotopic (exact) mass is 386 g/mol. The van der Waals surface area contributed by atoms with Gasteiger partial charge in [-0.1, -0.05) is 12.1 Å². The van der Waals surface area contributed by atoms with Gasteiger partial charge in [0, 0.05) is 11.8 Å². The van der Waals surface area contributed by atoms with Crippen LogP contribution in [-0.4, -0.2) is 11.8 Å². The fourth-order valence-electron chi connectivity index (χ4n) is 2.08. The van der Waals surface area contributed by atoms with Crippen LogP contribution in [0.15, 0.2) is 42.5 Å². The van der Waals surface area contributed by atoms with Crippen LogP contribution in [0, 0.1) is 17.0 Å². The molecule has 9 heteroatoms. The highest BCUT2D eigenvalue weighted by molar-refractivity contribution is 6.14. The zero-order chi connectivity index (χ0) is 20.4. The van der Waals surface area contributed by atoms with Gasteiger partial charge in [-0.15, -0.1) is 0 Å². The maximum Gasteiger partial charge on any atom is 0.418 e. The summed E-state index contributed by atoms with van der Waals surface area (Å²) in [6, 6.07) is 6.92. The molecule has 0 saturated carbocycles. The maximum atomic E-state index is 13.2. The van der Waals surface area contributed by atoms with Crippen LogP contribution >= 0.6 is 0 Å². The second-order valence-corrected chi connectivity index (χ2v) is 6.21. The maximum absolute atomic E-state index is 13.2. The van der Waals surface area contributed by atoms with Gasteiger partial charge in [-0.2, -0.15) is 13.2 Å². The first kappa shape index (κ1) is 20.3. The van der Waals surface area contributed by atoms with E-state index in [0.717, 1.165) is 30.3 Å². The molecule has 0 atom stereocenters. The van der Waals surface area contributed by atoms with Gasteiger partial charge in [0.15, 0.2) is 11.6 Å². The molecule has 0 aliphatic heterocycles. The summed E-state index contributed by atoms with van der Waals surface area (Å²) in [5, 5.41) is 4.32. The Kier molecular flexibility index (Phi) is 5.53. The van der Waals surface area contributed by atoms with E-state index in [2.05, 4.69) is 10.6 Å². The van der Waals surface area contributed by atoms with Crippen molar-refractivity contribution in [2.45, 2.75) is 20.0 Å². The number of nitrogens with one attached hydrogen (secondary N) is 2. The number of halogens is 5. The summed E-state index contributed by atoms with van der Waals surface area (Å²) >= 11 is 0. The molecular weight excluding hydrogens is 371 g/mol. The van der Waals surface area contributed by atoms with Crippen molar-refractivity contribution in [3.63, 3.8) is 0 Å². The molecule has 0 saturated heterocycles. The molecule has 0 heterocycles. The van der Waals surface area contributed by atoms with E-state index >= 15 is 0 Å². The van der Waals surface area contributed by atoms with Crippen molar-refractivity contribution in [3.8, 4) is 0 Å². The van der Waals surface area contributed by atoms with E-state index in [1.54, 1.807) is 0 Å². The van der Waals surface area contributed by atoms with E-state index in [9.17, 15) is 31.5 Å². The molecule has 4 nitrogen and oxygen atoms in total. The van der Waals surface area contributed by atoms with Crippen LogP contribution in [0.25, 0.3) is 0 Å². The molecule has 27 heavy (non-hydrogen) atoms. The molecule has 144 valence electrons. The van der Waals surface area contributed by atoms with Gasteiger partial charge in [-0.05, 0) is 38.1 Å². The Bertz CT molecular complexity index is 878. The molecule has 2 amide bonds. The van der Waals surface area contributed by atoms with Crippen LogP contribution in [0.5, 0.6) is 0 Å². The van der Waals surface area contributed by atoms with Crippen molar-refractivity contribution in [2.75, 3.05) is 10.6 Å². The van der Waals surface area contributed by atoms with Crippen LogP contribution in [-0.2, 0) is 15.8 Å². The lowest BCUT2D eigenvalue weighted by molar-refractivity contribution is -0.137. The lowest BCUT2D eigenvalue weighted by atomic mass is 9.90. The van der Waals surface area contributed by atoms with E-state index in [4.69, 9.17) is 0 Å². The zero-order valence-electron chi connectivity index (χ0n) is 14.2.